The predicted molar refractivity (Wildman–Crippen MR) is 36.4 cm³/mol. The zero-order valence-corrected chi connectivity index (χ0v) is 21.9. The second-order valence-corrected chi connectivity index (χ2v) is 0.848. The molecule has 0 radical (unpaired) electrons. The van der Waals surface area contributed by atoms with Crippen LogP contribution in [-0.2, 0) is 0 Å². The van der Waals surface area contributed by atoms with Gasteiger partial charge in [0.1, 0.15) is 0 Å². The molecule has 0 aromatic carbocycles. The molecule has 0 fully saturated rings. The maximum Gasteiger partial charge on any atom is 1.00 e. The van der Waals surface area contributed by atoms with Crippen LogP contribution in [0.3, 0.4) is 0 Å². The Bertz CT molecular complexity index is 135. The van der Waals surface area contributed by atoms with Crippen LogP contribution in [0.15, 0.2) is 0 Å². The zero-order valence-electron chi connectivity index (χ0n) is 13.4. The summed E-state index contributed by atoms with van der Waals surface area (Å²) in [6.07, 6.45) is -5.50. The fourth-order valence-corrected chi connectivity index (χ4v) is 0. The first-order chi connectivity index (χ1) is 5.20. The van der Waals surface area contributed by atoms with E-state index in [1.165, 1.54) is 0 Å². The van der Waals surface area contributed by atoms with Crippen molar-refractivity contribution in [1.82, 2.24) is 0 Å². The van der Waals surface area contributed by atoms with Gasteiger partial charge in [-0.15, -0.1) is 0 Å². The van der Waals surface area contributed by atoms with Crippen molar-refractivity contribution in [3.63, 3.8) is 0 Å². The van der Waals surface area contributed by atoms with E-state index in [2.05, 4.69) is 0 Å². The molecule has 0 aromatic heterocycles. The largest absolute Gasteiger partial charge is 1.00 e. The van der Waals surface area contributed by atoms with Gasteiger partial charge in [0.2, 0.25) is 0 Å². The SMILES string of the molecule is O=C(O)O.O=C(O)O.O=C(O)O.[H-].[H-].[H-].[H-].[K+].[K+].[K+].[K+]. The van der Waals surface area contributed by atoms with Crippen molar-refractivity contribution in [2.45, 2.75) is 0 Å². The van der Waals surface area contributed by atoms with Crippen LogP contribution in [0.1, 0.15) is 5.71 Å². The van der Waals surface area contributed by atoms with Gasteiger partial charge >= 0.3 is 224 Å². The van der Waals surface area contributed by atoms with Crippen molar-refractivity contribution in [3.8, 4) is 0 Å². The van der Waals surface area contributed by atoms with Crippen molar-refractivity contribution < 1.29 is 256 Å². The molecule has 0 aliphatic rings. The molecule has 16 heavy (non-hydrogen) atoms. The van der Waals surface area contributed by atoms with Gasteiger partial charge in [0.25, 0.3) is 0 Å². The van der Waals surface area contributed by atoms with E-state index in [0.717, 1.165) is 0 Å². The number of hydrogen-bond donors (Lipinski definition) is 6. The molecule has 0 saturated heterocycles. The van der Waals surface area contributed by atoms with E-state index in [1.54, 1.807) is 0 Å². The Labute approximate surface area is 266 Å². The zero-order chi connectivity index (χ0) is 10.7. The average Bonchev–Trinajstić information content (AvgIpc) is 1.54. The molecule has 80 valence electrons. The maximum absolute atomic E-state index is 8.56. The first-order valence-electron chi connectivity index (χ1n) is 1.95. The molecule has 0 aliphatic heterocycles. The Balaban J connectivity index is -0.00000000562. The van der Waals surface area contributed by atoms with E-state index in [4.69, 9.17) is 45.0 Å². The first kappa shape index (κ1) is 42.8. The second-order valence-electron chi connectivity index (χ2n) is 0.848. The molecule has 0 saturated carbocycles. The summed E-state index contributed by atoms with van der Waals surface area (Å²) in [4.78, 5) is 25.7. The molecular weight excluding hydrogens is 336 g/mol. The van der Waals surface area contributed by atoms with Gasteiger partial charge in [-0.1, -0.05) is 0 Å². The number of carbonyl (C=O) groups is 3. The van der Waals surface area contributed by atoms with E-state index >= 15 is 0 Å². The Morgan fingerprint density at radius 1 is 0.500 bits per heavy atom. The van der Waals surface area contributed by atoms with Crippen LogP contribution >= 0.6 is 0 Å². The van der Waals surface area contributed by atoms with Gasteiger partial charge in [-0.3, -0.25) is 0 Å². The Kier molecular flexibility index (Phi) is 97.7. The molecule has 0 amide bonds. The fourth-order valence-electron chi connectivity index (χ4n) is 0. The van der Waals surface area contributed by atoms with Crippen LogP contribution in [0.5, 0.6) is 0 Å². The van der Waals surface area contributed by atoms with E-state index in [1.807, 2.05) is 0 Å². The summed E-state index contributed by atoms with van der Waals surface area (Å²) in [5.74, 6) is 0. The first-order valence-corrected chi connectivity index (χ1v) is 1.95. The van der Waals surface area contributed by atoms with E-state index in [-0.39, 0.29) is 211 Å². The van der Waals surface area contributed by atoms with Gasteiger partial charge < -0.3 is 36.3 Å². The Morgan fingerprint density at radius 3 is 0.500 bits per heavy atom. The molecular formula is C3H10K4O9. The quantitative estimate of drug-likeness (QED) is 0.233. The van der Waals surface area contributed by atoms with Crippen molar-refractivity contribution in [1.29, 1.82) is 0 Å². The van der Waals surface area contributed by atoms with Crippen LogP contribution in [0.25, 0.3) is 0 Å². The van der Waals surface area contributed by atoms with Crippen LogP contribution in [0.4, 0.5) is 14.4 Å². The molecule has 0 rings (SSSR count). The van der Waals surface area contributed by atoms with Gasteiger partial charge in [0, 0.05) is 0 Å². The van der Waals surface area contributed by atoms with E-state index in [9.17, 15) is 0 Å². The third kappa shape index (κ3) is 291. The van der Waals surface area contributed by atoms with E-state index < -0.39 is 18.5 Å². The normalized spacial score (nSPS) is 4.50. The number of hydrogen-bond acceptors (Lipinski definition) is 3. The summed E-state index contributed by atoms with van der Waals surface area (Å²) < 4.78 is 0. The molecule has 6 N–H and O–H groups in total. The summed E-state index contributed by atoms with van der Waals surface area (Å²) in [6.45, 7) is 0. The summed E-state index contributed by atoms with van der Waals surface area (Å²) >= 11 is 0. The van der Waals surface area contributed by atoms with Gasteiger partial charge in [0.05, 0.1) is 0 Å². The predicted octanol–water partition coefficient (Wildman–Crippen LogP) is -10.9. The van der Waals surface area contributed by atoms with Crippen molar-refractivity contribution in [3.05, 3.63) is 0 Å². The smallest absolute Gasteiger partial charge is 1.00 e. The van der Waals surface area contributed by atoms with Crippen LogP contribution in [0, 0.1) is 0 Å². The van der Waals surface area contributed by atoms with Crippen LogP contribution in [-0.4, -0.2) is 49.1 Å². The molecule has 0 bridgehead atoms. The van der Waals surface area contributed by atoms with Crippen molar-refractivity contribution >= 4 is 18.5 Å². The summed E-state index contributed by atoms with van der Waals surface area (Å²) in [6, 6.07) is 0. The molecule has 0 aromatic rings. The number of carboxylic acid groups (broad SMARTS) is 6. The molecule has 9 nitrogen and oxygen atoms in total. The number of rotatable bonds is 0. The molecule has 0 unspecified atom stereocenters. The topological polar surface area (TPSA) is 173 Å². The molecule has 0 atom stereocenters. The molecule has 13 heteroatoms. The minimum absolute atomic E-state index is 0. The van der Waals surface area contributed by atoms with E-state index in [0.29, 0.717) is 0 Å². The van der Waals surface area contributed by atoms with Gasteiger partial charge in [-0.2, -0.15) is 0 Å². The summed E-state index contributed by atoms with van der Waals surface area (Å²) in [5.41, 5.74) is 0. The van der Waals surface area contributed by atoms with Gasteiger partial charge in [-0.25, -0.2) is 14.4 Å². The minimum atomic E-state index is -1.83. The molecule has 0 aliphatic carbocycles. The van der Waals surface area contributed by atoms with Crippen molar-refractivity contribution in [2.24, 2.45) is 0 Å². The summed E-state index contributed by atoms with van der Waals surface area (Å²) in [5, 5.41) is 41.8. The van der Waals surface area contributed by atoms with Crippen LogP contribution in [0.2, 0.25) is 0 Å². The Hall–Kier alpha value is 4.36. The standard InChI is InChI=1S/3CH2O3.4K.4H/c3*2-1(3)4;;;;;;;;/h3*(H2,2,3,4);;;;;;;;/q;;;4*+1;4*-1. The summed E-state index contributed by atoms with van der Waals surface area (Å²) in [7, 11) is 0. The average molecular weight is 346 g/mol. The Morgan fingerprint density at radius 2 is 0.500 bits per heavy atom. The monoisotopic (exact) mass is 346 g/mol. The van der Waals surface area contributed by atoms with Gasteiger partial charge in [0.15, 0.2) is 0 Å². The molecule has 0 spiro atoms. The minimum Gasteiger partial charge on any atom is -1.00 e. The third-order valence-electron chi connectivity index (χ3n) is 0. The fraction of sp³-hybridized carbons (Fsp3) is 0. The second kappa shape index (κ2) is 36.6. The van der Waals surface area contributed by atoms with Crippen molar-refractivity contribution in [2.75, 3.05) is 0 Å². The van der Waals surface area contributed by atoms with Gasteiger partial charge in [-0.05, 0) is 0 Å². The van der Waals surface area contributed by atoms with Crippen LogP contribution < -0.4 is 206 Å². The third-order valence-corrected chi connectivity index (χ3v) is 0. The maximum atomic E-state index is 8.56. The molecule has 0 heterocycles.